The molecule has 0 radical (unpaired) electrons. The van der Waals surface area contributed by atoms with Crippen LogP contribution in [0.3, 0.4) is 0 Å². The summed E-state index contributed by atoms with van der Waals surface area (Å²) < 4.78 is 5.36. The summed E-state index contributed by atoms with van der Waals surface area (Å²) in [5.74, 6) is 5.79. The van der Waals surface area contributed by atoms with Crippen LogP contribution in [0.5, 0.6) is 5.75 Å². The average molecular weight is 269 g/mol. The molecule has 0 saturated carbocycles. The summed E-state index contributed by atoms with van der Waals surface area (Å²) in [6.45, 7) is 2.13. The lowest BCUT2D eigenvalue weighted by Crippen LogP contribution is -2.38. The average Bonchev–Trinajstić information content (AvgIpc) is 2.31. The number of hydrogen-bond donors (Lipinski definition) is 2. The predicted octanol–water partition coefficient (Wildman–Crippen LogP) is 0.866. The lowest BCUT2D eigenvalue weighted by atomic mass is 10.1. The number of amides is 1. The van der Waals surface area contributed by atoms with Gasteiger partial charge in [-0.25, -0.2) is 0 Å². The second kappa shape index (κ2) is 8.40. The summed E-state index contributed by atoms with van der Waals surface area (Å²) in [4.78, 5) is 10.8. The Hall–Kier alpha value is -1.70. The molecular weight excluding hydrogens is 252 g/mol. The molecule has 0 saturated heterocycles. The zero-order valence-corrected chi connectivity index (χ0v) is 11.0. The van der Waals surface area contributed by atoms with Crippen molar-refractivity contribution in [1.82, 2.24) is 0 Å². The van der Waals surface area contributed by atoms with E-state index in [1.807, 2.05) is 24.3 Å². The Morgan fingerprint density at radius 2 is 2.00 bits per heavy atom. The number of nitrogens with two attached hydrogens (primary N) is 2. The van der Waals surface area contributed by atoms with E-state index in [-0.39, 0.29) is 12.4 Å². The Morgan fingerprint density at radius 3 is 2.50 bits per heavy atom. The van der Waals surface area contributed by atoms with Crippen LogP contribution < -0.4 is 16.2 Å². The van der Waals surface area contributed by atoms with Crippen molar-refractivity contribution in [2.24, 2.45) is 11.5 Å². The van der Waals surface area contributed by atoms with Gasteiger partial charge in [0.05, 0.1) is 6.04 Å². The minimum absolute atomic E-state index is 0. The summed E-state index contributed by atoms with van der Waals surface area (Å²) in [5, 5.41) is 0. The smallest absolute Gasteiger partial charge is 0.234 e. The van der Waals surface area contributed by atoms with Crippen molar-refractivity contribution in [2.75, 3.05) is 6.61 Å². The fourth-order valence-electron chi connectivity index (χ4n) is 1.27. The number of ether oxygens (including phenoxy) is 1. The Balaban J connectivity index is 0.00000289. The molecule has 4 N–H and O–H groups in total. The lowest BCUT2D eigenvalue weighted by molar-refractivity contribution is -0.119. The first-order chi connectivity index (χ1) is 8.13. The molecule has 0 aliphatic heterocycles. The van der Waals surface area contributed by atoms with E-state index >= 15 is 0 Å². The molecule has 0 unspecified atom stereocenters. The highest BCUT2D eigenvalue weighted by Crippen LogP contribution is 2.12. The van der Waals surface area contributed by atoms with Gasteiger partial charge >= 0.3 is 0 Å². The molecule has 18 heavy (non-hydrogen) atoms. The van der Waals surface area contributed by atoms with E-state index in [2.05, 4.69) is 11.8 Å². The van der Waals surface area contributed by atoms with E-state index in [1.165, 1.54) is 0 Å². The highest BCUT2D eigenvalue weighted by Gasteiger charge is 2.09. The number of carbonyl (C=O) groups is 1. The fraction of sp³-hybridized carbons (Fsp3) is 0.308. The lowest BCUT2D eigenvalue weighted by Gasteiger charge is -2.08. The largest absolute Gasteiger partial charge is 0.481 e. The molecule has 1 amide bonds. The van der Waals surface area contributed by atoms with Gasteiger partial charge in [0.1, 0.15) is 12.4 Å². The zero-order valence-electron chi connectivity index (χ0n) is 10.2. The first-order valence-electron chi connectivity index (χ1n) is 5.29. The molecule has 0 aliphatic rings. The molecule has 1 atom stereocenters. The predicted molar refractivity (Wildman–Crippen MR) is 73.5 cm³/mol. The zero-order chi connectivity index (χ0) is 12.7. The van der Waals surface area contributed by atoms with Crippen molar-refractivity contribution in [1.29, 1.82) is 0 Å². The SMILES string of the molecule is CC#CCOc1ccc(C[C@H](N)C(N)=O)cc1.Cl. The van der Waals surface area contributed by atoms with E-state index < -0.39 is 11.9 Å². The van der Waals surface area contributed by atoms with Gasteiger partial charge in [0, 0.05) is 0 Å². The van der Waals surface area contributed by atoms with Crippen molar-refractivity contribution >= 4 is 18.3 Å². The molecular formula is C13H17ClN2O2. The van der Waals surface area contributed by atoms with Crippen molar-refractivity contribution in [2.45, 2.75) is 19.4 Å². The number of halogens is 1. The van der Waals surface area contributed by atoms with Crippen molar-refractivity contribution in [3.8, 4) is 17.6 Å². The van der Waals surface area contributed by atoms with Crippen LogP contribution in [0.1, 0.15) is 12.5 Å². The van der Waals surface area contributed by atoms with Gasteiger partial charge < -0.3 is 16.2 Å². The van der Waals surface area contributed by atoms with Gasteiger partial charge in [-0.1, -0.05) is 18.1 Å². The van der Waals surface area contributed by atoms with Crippen molar-refractivity contribution in [3.05, 3.63) is 29.8 Å². The second-order valence-electron chi connectivity index (χ2n) is 3.57. The van der Waals surface area contributed by atoms with Crippen LogP contribution in [-0.2, 0) is 11.2 Å². The first-order valence-corrected chi connectivity index (χ1v) is 5.29. The quantitative estimate of drug-likeness (QED) is 0.778. The molecule has 5 heteroatoms. The molecule has 0 spiro atoms. The maximum Gasteiger partial charge on any atom is 0.234 e. The molecule has 0 heterocycles. The summed E-state index contributed by atoms with van der Waals surface area (Å²) in [7, 11) is 0. The molecule has 1 aromatic rings. The van der Waals surface area contributed by atoms with E-state index in [0.717, 1.165) is 11.3 Å². The van der Waals surface area contributed by atoms with Gasteiger partial charge in [-0.15, -0.1) is 18.3 Å². The van der Waals surface area contributed by atoms with Crippen LogP contribution in [0, 0.1) is 11.8 Å². The van der Waals surface area contributed by atoms with Crippen molar-refractivity contribution in [3.63, 3.8) is 0 Å². The summed E-state index contributed by atoms with van der Waals surface area (Å²) in [6.07, 6.45) is 0.435. The Morgan fingerprint density at radius 1 is 1.39 bits per heavy atom. The normalized spacial score (nSPS) is 10.6. The standard InChI is InChI=1S/C13H16N2O2.ClH/c1-2-3-8-17-11-6-4-10(5-7-11)9-12(14)13(15)16;/h4-7,12H,8-9,14H2,1H3,(H2,15,16);1H/t12-;/m0./s1. The first kappa shape index (κ1) is 16.3. The third kappa shape index (κ3) is 5.58. The number of hydrogen-bond acceptors (Lipinski definition) is 3. The molecule has 1 aromatic carbocycles. The number of carbonyl (C=O) groups excluding carboxylic acids is 1. The van der Waals surface area contributed by atoms with Crippen LogP contribution in [0.4, 0.5) is 0 Å². The maximum absolute atomic E-state index is 10.8. The Bertz CT molecular complexity index is 435. The minimum Gasteiger partial charge on any atom is -0.481 e. The maximum atomic E-state index is 10.8. The Kier molecular flexibility index (Phi) is 7.61. The number of benzene rings is 1. The van der Waals surface area contributed by atoms with Gasteiger partial charge in [-0.3, -0.25) is 4.79 Å². The summed E-state index contributed by atoms with van der Waals surface area (Å²) in [5.41, 5.74) is 11.6. The van der Waals surface area contributed by atoms with Crippen molar-refractivity contribution < 1.29 is 9.53 Å². The monoisotopic (exact) mass is 268 g/mol. The molecule has 0 aliphatic carbocycles. The number of rotatable bonds is 5. The molecule has 0 bridgehead atoms. The van der Waals surface area contributed by atoms with Crippen LogP contribution in [0.15, 0.2) is 24.3 Å². The van der Waals surface area contributed by atoms with E-state index in [9.17, 15) is 4.79 Å². The van der Waals surface area contributed by atoms with Gasteiger partial charge in [0.25, 0.3) is 0 Å². The second-order valence-corrected chi connectivity index (χ2v) is 3.57. The van der Waals surface area contributed by atoms with E-state index in [4.69, 9.17) is 16.2 Å². The minimum atomic E-state index is -0.646. The third-order valence-corrected chi connectivity index (χ3v) is 2.23. The highest BCUT2D eigenvalue weighted by atomic mass is 35.5. The van der Waals surface area contributed by atoms with Gasteiger partial charge in [0.15, 0.2) is 0 Å². The third-order valence-electron chi connectivity index (χ3n) is 2.23. The fourth-order valence-corrected chi connectivity index (χ4v) is 1.27. The molecule has 0 aromatic heterocycles. The van der Waals surface area contributed by atoms with Crippen LogP contribution in [0.2, 0.25) is 0 Å². The molecule has 0 fully saturated rings. The van der Waals surface area contributed by atoms with Crippen LogP contribution in [0.25, 0.3) is 0 Å². The molecule has 4 nitrogen and oxygen atoms in total. The van der Waals surface area contributed by atoms with Gasteiger partial charge in [0.2, 0.25) is 5.91 Å². The van der Waals surface area contributed by atoms with E-state index in [1.54, 1.807) is 6.92 Å². The highest BCUT2D eigenvalue weighted by molar-refractivity contribution is 5.85. The van der Waals surface area contributed by atoms with Crippen LogP contribution in [-0.4, -0.2) is 18.6 Å². The molecule has 98 valence electrons. The van der Waals surface area contributed by atoms with Crippen LogP contribution >= 0.6 is 12.4 Å². The summed E-state index contributed by atoms with van der Waals surface area (Å²) in [6, 6.07) is 6.71. The molecule has 1 rings (SSSR count). The van der Waals surface area contributed by atoms with E-state index in [0.29, 0.717) is 13.0 Å². The summed E-state index contributed by atoms with van der Waals surface area (Å²) >= 11 is 0. The van der Waals surface area contributed by atoms with Gasteiger partial charge in [-0.05, 0) is 31.0 Å². The number of primary amides is 1. The van der Waals surface area contributed by atoms with Gasteiger partial charge in [-0.2, -0.15) is 0 Å². The topological polar surface area (TPSA) is 78.3 Å². The Labute approximate surface area is 113 Å².